The van der Waals surface area contributed by atoms with Crippen LogP contribution in [0.4, 0.5) is 4.79 Å². The highest BCUT2D eigenvalue weighted by Gasteiger charge is 2.48. The van der Waals surface area contributed by atoms with Crippen molar-refractivity contribution in [2.75, 3.05) is 13.7 Å². The molecule has 1 saturated carbocycles. The molecule has 6 rings (SSSR count). The number of phosphoric acid groups is 1. The second-order valence-corrected chi connectivity index (χ2v) is 16.6. The van der Waals surface area contributed by atoms with E-state index in [9.17, 15) is 14.2 Å². The molecule has 0 heterocycles. The van der Waals surface area contributed by atoms with E-state index in [4.69, 9.17) is 32.5 Å². The van der Waals surface area contributed by atoms with Crippen LogP contribution in [-0.4, -0.2) is 38.0 Å². The molecule has 0 amide bonds. The van der Waals surface area contributed by atoms with Crippen LogP contribution in [0.2, 0.25) is 0 Å². The highest BCUT2D eigenvalue weighted by Crippen LogP contribution is 2.54. The maximum absolute atomic E-state index is 14.4. The largest absolute Gasteiger partial charge is 0.508 e. The van der Waals surface area contributed by atoms with E-state index < -0.39 is 26.1 Å². The number of carbonyl (C=O) groups excluding carboxylic acids is 2. The minimum Gasteiger partial charge on any atom is -0.482 e. The first-order chi connectivity index (χ1) is 27.8. The zero-order valence-corrected chi connectivity index (χ0v) is 33.9. The molecule has 57 heavy (non-hydrogen) atoms. The van der Waals surface area contributed by atoms with Crippen molar-refractivity contribution in [2.45, 2.75) is 96.7 Å². The summed E-state index contributed by atoms with van der Waals surface area (Å²) in [7, 11) is -2.70. The molecule has 0 aromatic heterocycles. The number of hydrogen-bond donors (Lipinski definition) is 0. The van der Waals surface area contributed by atoms with Crippen molar-refractivity contribution in [3.05, 3.63) is 137 Å². The summed E-state index contributed by atoms with van der Waals surface area (Å²) in [5, 5.41) is 0. The molecule has 11 heteroatoms. The van der Waals surface area contributed by atoms with E-state index in [1.54, 1.807) is 0 Å². The van der Waals surface area contributed by atoms with Gasteiger partial charge in [0.05, 0.1) is 26.4 Å². The van der Waals surface area contributed by atoms with E-state index in [0.717, 1.165) is 59.9 Å². The van der Waals surface area contributed by atoms with Crippen LogP contribution >= 0.6 is 7.82 Å². The third-order valence-electron chi connectivity index (χ3n) is 11.0. The lowest BCUT2D eigenvalue weighted by atomic mass is 9.73. The van der Waals surface area contributed by atoms with Crippen molar-refractivity contribution in [3.63, 3.8) is 0 Å². The third kappa shape index (κ3) is 12.5. The first-order valence-corrected chi connectivity index (χ1v) is 21.6. The molecule has 2 aliphatic rings. The molecule has 4 aromatic carbocycles. The topological polar surface area (TPSA) is 116 Å². The van der Waals surface area contributed by atoms with Gasteiger partial charge in [-0.2, -0.15) is 0 Å². The predicted octanol–water partition coefficient (Wildman–Crippen LogP) is 10.6. The number of methoxy groups -OCH3 is 1. The molecule has 0 spiro atoms. The highest BCUT2D eigenvalue weighted by molar-refractivity contribution is 7.48. The van der Waals surface area contributed by atoms with Crippen LogP contribution < -0.4 is 4.74 Å². The van der Waals surface area contributed by atoms with Gasteiger partial charge in [0.25, 0.3) is 0 Å². The van der Waals surface area contributed by atoms with Gasteiger partial charge in [-0.25, -0.2) is 14.2 Å². The Hall–Kier alpha value is -4.47. The van der Waals surface area contributed by atoms with Crippen LogP contribution in [0.3, 0.4) is 0 Å². The van der Waals surface area contributed by atoms with Gasteiger partial charge in [0.1, 0.15) is 18.5 Å². The molecular formula is C46H55O10P. The fraction of sp³-hybridized carbons (Fsp3) is 0.435. The number of unbranched alkanes of at least 4 members (excludes halogenated alkanes) is 2. The fourth-order valence-electron chi connectivity index (χ4n) is 8.12. The lowest BCUT2D eigenvalue weighted by molar-refractivity contribution is -0.147. The average Bonchev–Trinajstić information content (AvgIpc) is 3.57. The minimum absolute atomic E-state index is 0.00641. The summed E-state index contributed by atoms with van der Waals surface area (Å²) >= 11 is 0. The van der Waals surface area contributed by atoms with Crippen LogP contribution in [0.5, 0.6) is 5.75 Å². The van der Waals surface area contributed by atoms with Crippen molar-refractivity contribution in [1.29, 1.82) is 0 Å². The van der Waals surface area contributed by atoms with E-state index in [2.05, 4.69) is 13.0 Å². The first-order valence-electron chi connectivity index (χ1n) is 20.2. The Labute approximate surface area is 336 Å². The number of benzene rings is 4. The molecule has 0 N–H and O–H groups in total. The standard InChI is InChI=1S/C46H55O10P/c1-3-4-8-23-39(56-57(49,53-31-35-18-11-6-12-19-35)54-32-36-20-13-7-14-21-36)25-26-40-41-27-37-22-15-24-43(42(37)28-38(41)29-44(40)55-46(48)50-2)51-33-45(47)52-30-34-16-9-5-10-17-34/h5-7,9-22,24,38-41,44H,3-4,8,23,25-33H2,1-2H3/t38-,39-,40+,41-,44+/m0/s1. The molecule has 0 unspecified atom stereocenters. The second kappa shape index (κ2) is 21.3. The first kappa shape index (κ1) is 42.1. The molecule has 0 aliphatic heterocycles. The lowest BCUT2D eigenvalue weighted by Crippen LogP contribution is -2.30. The predicted molar refractivity (Wildman–Crippen MR) is 216 cm³/mol. The second-order valence-electron chi connectivity index (χ2n) is 14.9. The molecule has 1 fully saturated rings. The van der Waals surface area contributed by atoms with Crippen LogP contribution in [0.15, 0.2) is 109 Å². The summed E-state index contributed by atoms with van der Waals surface area (Å²) in [5.41, 5.74) is 4.86. The molecule has 0 saturated heterocycles. The van der Waals surface area contributed by atoms with Crippen molar-refractivity contribution < 1.29 is 46.7 Å². The van der Waals surface area contributed by atoms with Crippen molar-refractivity contribution >= 4 is 19.9 Å². The number of ether oxygens (including phenoxy) is 4. The van der Waals surface area contributed by atoms with Gasteiger partial charge in [-0.1, -0.05) is 129 Å². The highest BCUT2D eigenvalue weighted by atomic mass is 31.2. The van der Waals surface area contributed by atoms with Crippen molar-refractivity contribution in [2.24, 2.45) is 17.8 Å². The Bertz CT molecular complexity index is 1840. The average molecular weight is 799 g/mol. The van der Waals surface area contributed by atoms with Gasteiger partial charge in [0.2, 0.25) is 0 Å². The molecule has 5 atom stereocenters. The lowest BCUT2D eigenvalue weighted by Gasteiger charge is -2.33. The summed E-state index contributed by atoms with van der Waals surface area (Å²) in [4.78, 5) is 25.2. The molecule has 0 bridgehead atoms. The van der Waals surface area contributed by atoms with Crippen LogP contribution in [-0.2, 0) is 69.8 Å². The number of carbonyl (C=O) groups is 2. The van der Waals surface area contributed by atoms with Gasteiger partial charge in [-0.3, -0.25) is 13.6 Å². The van der Waals surface area contributed by atoms with Crippen molar-refractivity contribution in [1.82, 2.24) is 0 Å². The Kier molecular flexibility index (Phi) is 15.8. The maximum Gasteiger partial charge on any atom is 0.508 e. The normalized spacial score (nSPS) is 19.2. The summed E-state index contributed by atoms with van der Waals surface area (Å²) in [6, 6.07) is 34.6. The van der Waals surface area contributed by atoms with E-state index in [1.165, 1.54) is 7.11 Å². The SMILES string of the molecule is CCCCC[C@@H](CC[C@@H]1[C@H]2Cc3cccc(OCC(=O)OCc4ccccc4)c3C[C@H]2C[C@H]1OC(=O)OC)OP(=O)(OCc1ccccc1)OCc1ccccc1. The minimum atomic E-state index is -4.02. The zero-order chi connectivity index (χ0) is 39.9. The number of phosphoric ester groups is 1. The summed E-state index contributed by atoms with van der Waals surface area (Å²) < 4.78 is 55.4. The quantitative estimate of drug-likeness (QED) is 0.0458. The summed E-state index contributed by atoms with van der Waals surface area (Å²) in [5.74, 6) is 0.661. The number of rotatable bonds is 21. The van der Waals surface area contributed by atoms with Gasteiger partial charge in [-0.05, 0) is 90.2 Å². The van der Waals surface area contributed by atoms with E-state index in [1.807, 2.05) is 103 Å². The Morgan fingerprint density at radius 1 is 0.754 bits per heavy atom. The number of fused-ring (bicyclic) bond motifs is 2. The van der Waals surface area contributed by atoms with Crippen LogP contribution in [0.1, 0.15) is 79.7 Å². The number of esters is 1. The monoisotopic (exact) mass is 798 g/mol. The number of hydrogen-bond acceptors (Lipinski definition) is 10. The molecule has 0 radical (unpaired) electrons. The van der Waals surface area contributed by atoms with Gasteiger partial charge in [-0.15, -0.1) is 0 Å². The van der Waals surface area contributed by atoms with Gasteiger partial charge in [0, 0.05) is 0 Å². The smallest absolute Gasteiger partial charge is 0.482 e. The Morgan fingerprint density at radius 2 is 1.39 bits per heavy atom. The van der Waals surface area contributed by atoms with E-state index in [0.29, 0.717) is 31.4 Å². The van der Waals surface area contributed by atoms with E-state index in [-0.39, 0.29) is 50.3 Å². The third-order valence-corrected chi connectivity index (χ3v) is 12.5. The molecule has 2 aliphatic carbocycles. The molecule has 10 nitrogen and oxygen atoms in total. The Morgan fingerprint density at radius 3 is 2.00 bits per heavy atom. The van der Waals surface area contributed by atoms with Crippen molar-refractivity contribution in [3.8, 4) is 5.75 Å². The van der Waals surface area contributed by atoms with Gasteiger partial charge in [0.15, 0.2) is 6.61 Å². The van der Waals surface area contributed by atoms with Crippen LogP contribution in [0.25, 0.3) is 0 Å². The maximum atomic E-state index is 14.4. The fourth-order valence-corrected chi connectivity index (χ4v) is 9.51. The summed E-state index contributed by atoms with van der Waals surface area (Å²) in [6.45, 7) is 2.30. The molecular weight excluding hydrogens is 743 g/mol. The van der Waals surface area contributed by atoms with Gasteiger partial charge < -0.3 is 18.9 Å². The molecule has 304 valence electrons. The van der Waals surface area contributed by atoms with Gasteiger partial charge >= 0.3 is 19.9 Å². The zero-order valence-electron chi connectivity index (χ0n) is 33.0. The van der Waals surface area contributed by atoms with Crippen LogP contribution in [0, 0.1) is 17.8 Å². The molecule has 4 aromatic rings. The van der Waals surface area contributed by atoms with E-state index >= 15 is 0 Å². The summed E-state index contributed by atoms with van der Waals surface area (Å²) in [6.07, 6.45) is 5.53. The Balaban J connectivity index is 1.15.